The molecule has 1 fully saturated rings. The van der Waals surface area contributed by atoms with Crippen molar-refractivity contribution in [2.24, 2.45) is 0 Å². The van der Waals surface area contributed by atoms with Gasteiger partial charge in [-0.15, -0.1) is 0 Å². The minimum atomic E-state index is -1.03. The number of pyridine rings is 1. The Kier molecular flexibility index (Phi) is 8.51. The summed E-state index contributed by atoms with van der Waals surface area (Å²) in [6, 6.07) is 8.40. The average Bonchev–Trinajstić information content (AvgIpc) is 2.76. The van der Waals surface area contributed by atoms with Gasteiger partial charge in [-0.3, -0.25) is 9.78 Å². The maximum atomic E-state index is 13.0. The number of hydrogen-bond donors (Lipinski definition) is 4. The minimum absolute atomic E-state index is 0.173. The molecule has 186 valence electrons. The van der Waals surface area contributed by atoms with Gasteiger partial charge in [-0.1, -0.05) is 28.1 Å². The van der Waals surface area contributed by atoms with Crippen molar-refractivity contribution in [3.63, 3.8) is 0 Å². The Bertz CT molecular complexity index is 1030. The van der Waals surface area contributed by atoms with Crippen LogP contribution in [0.4, 0.5) is 4.79 Å². The summed E-state index contributed by atoms with van der Waals surface area (Å²) in [5, 5.41) is 19.0. The van der Waals surface area contributed by atoms with E-state index < -0.39 is 30.0 Å². The number of alkyl carbamates (subject to hydrolysis) is 1. The van der Waals surface area contributed by atoms with E-state index in [0.29, 0.717) is 13.0 Å². The molecular formula is C24H34BrN5O4. The smallest absolute Gasteiger partial charge is 0.408 e. The predicted molar refractivity (Wildman–Crippen MR) is 134 cm³/mol. The molecule has 34 heavy (non-hydrogen) atoms. The molecule has 0 aliphatic carbocycles. The molecule has 1 aliphatic rings. The van der Waals surface area contributed by atoms with Crippen LogP contribution in [-0.2, 0) is 9.53 Å². The largest absolute Gasteiger partial charge is 0.444 e. The van der Waals surface area contributed by atoms with Crippen molar-refractivity contribution in [1.29, 1.82) is 0 Å². The van der Waals surface area contributed by atoms with Crippen LogP contribution in [0.25, 0.3) is 10.9 Å². The van der Waals surface area contributed by atoms with Crippen molar-refractivity contribution >= 4 is 38.8 Å². The fraction of sp³-hybridized carbons (Fsp3) is 0.542. The molecule has 0 radical (unpaired) electrons. The molecule has 0 spiro atoms. The van der Waals surface area contributed by atoms with Gasteiger partial charge in [0.05, 0.1) is 23.3 Å². The van der Waals surface area contributed by atoms with Crippen LogP contribution in [0.2, 0.25) is 0 Å². The molecule has 0 bridgehead atoms. The van der Waals surface area contributed by atoms with E-state index in [2.05, 4.69) is 37.0 Å². The second-order valence-electron chi connectivity index (χ2n) is 9.67. The molecule has 4 atom stereocenters. The van der Waals surface area contributed by atoms with Crippen molar-refractivity contribution in [2.45, 2.75) is 77.4 Å². The molecule has 4 unspecified atom stereocenters. The summed E-state index contributed by atoms with van der Waals surface area (Å²) in [5.74, 6) is -0.173. The molecule has 4 N–H and O–H groups in total. The summed E-state index contributed by atoms with van der Waals surface area (Å²) < 4.78 is 6.20. The van der Waals surface area contributed by atoms with Gasteiger partial charge < -0.3 is 20.5 Å². The van der Waals surface area contributed by atoms with E-state index >= 15 is 0 Å². The van der Waals surface area contributed by atoms with E-state index in [1.54, 1.807) is 32.7 Å². The topological polar surface area (TPSA) is 116 Å². The zero-order valence-electron chi connectivity index (χ0n) is 20.3. The van der Waals surface area contributed by atoms with Gasteiger partial charge in [-0.05, 0) is 65.7 Å². The number of nitrogens with one attached hydrogen (secondary N) is 3. The molecule has 0 saturated carbocycles. The van der Waals surface area contributed by atoms with Crippen LogP contribution >= 0.6 is 15.9 Å². The molecule has 1 aromatic carbocycles. The van der Waals surface area contributed by atoms with E-state index in [1.807, 2.05) is 37.3 Å². The van der Waals surface area contributed by atoms with E-state index in [4.69, 9.17) is 4.74 Å². The third-order valence-corrected chi connectivity index (χ3v) is 6.01. The second kappa shape index (κ2) is 11.0. The molecule has 2 heterocycles. The van der Waals surface area contributed by atoms with E-state index in [0.717, 1.165) is 27.5 Å². The number of hydrazine groups is 1. The molecule has 1 aromatic heterocycles. The molecule has 10 heteroatoms. The SMILES string of the molecule is CC(NC(=O)C1CCCN(C(O)C(C)NC(=O)OC(C)(C)C)N1)c1ccc2ccc(Br)cc2n1. The molecule has 3 rings (SSSR count). The molecule has 2 amide bonds. The van der Waals surface area contributed by atoms with E-state index in [1.165, 1.54) is 0 Å². The molecule has 9 nitrogen and oxygen atoms in total. The summed E-state index contributed by atoms with van der Waals surface area (Å²) in [5.41, 5.74) is 4.09. The Morgan fingerprint density at radius 1 is 1.24 bits per heavy atom. The van der Waals surface area contributed by atoms with Crippen molar-refractivity contribution in [1.82, 2.24) is 26.1 Å². The predicted octanol–water partition coefficient (Wildman–Crippen LogP) is 3.38. The standard InChI is InChI=1S/C24H34BrN5O4/c1-14(18-11-9-16-8-10-17(25)13-20(16)28-18)26-21(31)19-7-6-12-30(29-19)22(32)15(2)27-23(33)34-24(3,4)5/h8-11,13-15,19,22,29,32H,6-7,12H2,1-5H3,(H,26,31)(H,27,33). The molecule has 1 aliphatic heterocycles. The summed E-state index contributed by atoms with van der Waals surface area (Å²) in [6.07, 6.45) is -0.277. The van der Waals surface area contributed by atoms with Crippen LogP contribution in [0.15, 0.2) is 34.8 Å². The van der Waals surface area contributed by atoms with Crippen molar-refractivity contribution in [3.8, 4) is 0 Å². The van der Waals surface area contributed by atoms with Gasteiger partial charge in [-0.2, -0.15) is 0 Å². The Labute approximate surface area is 208 Å². The van der Waals surface area contributed by atoms with Gasteiger partial charge in [0.1, 0.15) is 17.9 Å². The first-order chi connectivity index (χ1) is 15.9. The van der Waals surface area contributed by atoms with Crippen molar-refractivity contribution in [2.75, 3.05) is 6.54 Å². The maximum Gasteiger partial charge on any atom is 0.408 e. The number of nitrogens with zero attached hydrogens (tertiary/aromatic N) is 2. The van der Waals surface area contributed by atoms with E-state index in [9.17, 15) is 14.7 Å². The molecular weight excluding hydrogens is 502 g/mol. The average molecular weight is 536 g/mol. The number of fused-ring (bicyclic) bond motifs is 1. The summed E-state index contributed by atoms with van der Waals surface area (Å²) in [7, 11) is 0. The number of aliphatic hydroxyl groups excluding tert-OH is 1. The Hall–Kier alpha value is -2.27. The summed E-state index contributed by atoms with van der Waals surface area (Å²) >= 11 is 3.47. The van der Waals surface area contributed by atoms with Crippen molar-refractivity contribution in [3.05, 3.63) is 40.5 Å². The normalized spacial score (nSPS) is 19.8. The Morgan fingerprint density at radius 3 is 2.65 bits per heavy atom. The number of amides is 2. The van der Waals surface area contributed by atoms with Crippen LogP contribution in [0.5, 0.6) is 0 Å². The molecule has 1 saturated heterocycles. The number of aromatic nitrogens is 1. The lowest BCUT2D eigenvalue weighted by Crippen LogP contribution is -2.62. The first-order valence-electron chi connectivity index (χ1n) is 11.5. The lowest BCUT2D eigenvalue weighted by molar-refractivity contribution is -0.131. The highest BCUT2D eigenvalue weighted by molar-refractivity contribution is 9.10. The highest BCUT2D eigenvalue weighted by atomic mass is 79.9. The van der Waals surface area contributed by atoms with Gasteiger partial charge >= 0.3 is 6.09 Å². The first-order valence-corrected chi connectivity index (χ1v) is 12.3. The second-order valence-corrected chi connectivity index (χ2v) is 10.6. The fourth-order valence-corrected chi connectivity index (χ4v) is 4.12. The monoisotopic (exact) mass is 535 g/mol. The van der Waals surface area contributed by atoms with Crippen LogP contribution in [0.3, 0.4) is 0 Å². The maximum absolute atomic E-state index is 13.0. The third-order valence-electron chi connectivity index (χ3n) is 5.52. The lowest BCUT2D eigenvalue weighted by Gasteiger charge is -2.38. The number of carbonyl (C=O) groups excluding carboxylic acids is 2. The quantitative estimate of drug-likeness (QED) is 0.448. The van der Waals surface area contributed by atoms with Crippen molar-refractivity contribution < 1.29 is 19.4 Å². The van der Waals surface area contributed by atoms with Crippen LogP contribution in [-0.4, -0.2) is 57.6 Å². The molecule has 2 aromatic rings. The summed E-state index contributed by atoms with van der Waals surface area (Å²) in [6.45, 7) is 9.45. The third kappa shape index (κ3) is 7.11. The van der Waals surface area contributed by atoms with E-state index in [-0.39, 0.29) is 11.9 Å². The zero-order valence-corrected chi connectivity index (χ0v) is 21.8. The number of aliphatic hydroxyl groups is 1. The van der Waals surface area contributed by atoms with Gasteiger partial charge in [0.25, 0.3) is 0 Å². The zero-order chi connectivity index (χ0) is 25.0. The van der Waals surface area contributed by atoms with Gasteiger partial charge in [0, 0.05) is 16.4 Å². The van der Waals surface area contributed by atoms with Gasteiger partial charge in [0.2, 0.25) is 5.91 Å². The number of carbonyl (C=O) groups is 2. The highest BCUT2D eigenvalue weighted by Crippen LogP contribution is 2.21. The number of rotatable bonds is 6. The lowest BCUT2D eigenvalue weighted by atomic mass is 10.1. The first kappa shape index (κ1) is 26.3. The number of benzene rings is 1. The Balaban J connectivity index is 1.57. The fourth-order valence-electron chi connectivity index (χ4n) is 3.77. The number of halogens is 1. The number of ether oxygens (including phenoxy) is 1. The Morgan fingerprint density at radius 2 is 1.94 bits per heavy atom. The minimum Gasteiger partial charge on any atom is -0.444 e. The van der Waals surface area contributed by atoms with Crippen LogP contribution in [0, 0.1) is 0 Å². The van der Waals surface area contributed by atoms with Gasteiger partial charge in [-0.25, -0.2) is 15.2 Å². The van der Waals surface area contributed by atoms with Gasteiger partial charge in [0.15, 0.2) is 0 Å². The number of hydrogen-bond acceptors (Lipinski definition) is 7. The highest BCUT2D eigenvalue weighted by Gasteiger charge is 2.32. The van der Waals surface area contributed by atoms with Crippen LogP contribution in [0.1, 0.15) is 59.2 Å². The summed E-state index contributed by atoms with van der Waals surface area (Å²) in [4.78, 5) is 29.7. The van der Waals surface area contributed by atoms with Crippen LogP contribution < -0.4 is 16.1 Å².